The summed E-state index contributed by atoms with van der Waals surface area (Å²) >= 11 is 1.77. The highest BCUT2D eigenvalue weighted by Crippen LogP contribution is 2.29. The van der Waals surface area contributed by atoms with Crippen molar-refractivity contribution >= 4 is 23.2 Å². The van der Waals surface area contributed by atoms with Gasteiger partial charge in [-0.3, -0.25) is 9.59 Å². The molecule has 2 aliphatic rings. The second-order valence-corrected chi connectivity index (χ2v) is 10.1. The van der Waals surface area contributed by atoms with E-state index in [9.17, 15) is 9.59 Å². The predicted molar refractivity (Wildman–Crippen MR) is 113 cm³/mol. The van der Waals surface area contributed by atoms with Crippen LogP contribution >= 0.6 is 11.3 Å². The summed E-state index contributed by atoms with van der Waals surface area (Å²) in [6.45, 7) is 13.2. The minimum atomic E-state index is -0.0245. The van der Waals surface area contributed by atoms with Crippen LogP contribution in [-0.2, 0) is 21.4 Å². The number of piperidine rings is 2. The fourth-order valence-electron chi connectivity index (χ4n) is 4.09. The third-order valence-electron chi connectivity index (χ3n) is 6.04. The van der Waals surface area contributed by atoms with Crippen molar-refractivity contribution in [2.45, 2.75) is 58.3 Å². The lowest BCUT2D eigenvalue weighted by molar-refractivity contribution is -0.140. The van der Waals surface area contributed by atoms with Gasteiger partial charge in [-0.1, -0.05) is 27.4 Å². The highest BCUT2D eigenvalue weighted by atomic mass is 32.1. The van der Waals surface area contributed by atoms with E-state index in [0.29, 0.717) is 19.0 Å². The number of aromatic nitrogens is 1. The van der Waals surface area contributed by atoms with Gasteiger partial charge >= 0.3 is 0 Å². The van der Waals surface area contributed by atoms with Gasteiger partial charge < -0.3 is 9.80 Å². The molecule has 0 radical (unpaired) electrons. The molecule has 28 heavy (non-hydrogen) atoms. The van der Waals surface area contributed by atoms with Crippen LogP contribution in [0.4, 0.5) is 0 Å². The van der Waals surface area contributed by atoms with Crippen LogP contribution < -0.4 is 0 Å². The monoisotopic (exact) mass is 403 g/mol. The molecule has 3 heterocycles. The number of hydrogen-bond donors (Lipinski definition) is 0. The van der Waals surface area contributed by atoms with Gasteiger partial charge in [-0.15, -0.1) is 11.3 Å². The van der Waals surface area contributed by atoms with Crippen LogP contribution in [-0.4, -0.2) is 52.8 Å². The highest BCUT2D eigenvalue weighted by Gasteiger charge is 2.32. The molecule has 0 N–H and O–H groups in total. The van der Waals surface area contributed by atoms with Crippen molar-refractivity contribution < 1.29 is 9.59 Å². The number of rotatable bonds is 4. The minimum absolute atomic E-state index is 0.0245. The standard InChI is InChI=1S/C22H33N3O2S/c1-5-20(26)24-12-8-17(9-13-24)21(27)25-10-6-16(7-11-25)14-19-23-18(15-28-19)22(2,3)4/h5,15-17H,1,6-14H2,2-4H3. The Morgan fingerprint density at radius 3 is 2.29 bits per heavy atom. The number of thiazole rings is 1. The summed E-state index contributed by atoms with van der Waals surface area (Å²) in [4.78, 5) is 33.2. The molecular weight excluding hydrogens is 370 g/mol. The molecule has 2 amide bonds. The summed E-state index contributed by atoms with van der Waals surface area (Å²) in [7, 11) is 0. The van der Waals surface area contributed by atoms with E-state index >= 15 is 0 Å². The van der Waals surface area contributed by atoms with Crippen molar-refractivity contribution in [3.8, 4) is 0 Å². The lowest BCUT2D eigenvalue weighted by Gasteiger charge is -2.37. The van der Waals surface area contributed by atoms with Gasteiger partial charge in [0.15, 0.2) is 0 Å². The largest absolute Gasteiger partial charge is 0.342 e. The van der Waals surface area contributed by atoms with Gasteiger partial charge in [0.2, 0.25) is 11.8 Å². The van der Waals surface area contributed by atoms with Crippen LogP contribution in [0.1, 0.15) is 57.2 Å². The molecule has 0 atom stereocenters. The molecule has 1 aromatic heterocycles. The Labute approximate surface area is 172 Å². The first-order valence-corrected chi connectivity index (χ1v) is 11.3. The zero-order valence-electron chi connectivity index (χ0n) is 17.4. The number of carbonyl (C=O) groups is 2. The molecule has 0 saturated carbocycles. The van der Waals surface area contributed by atoms with Crippen LogP contribution in [0.25, 0.3) is 0 Å². The second kappa shape index (κ2) is 8.76. The van der Waals surface area contributed by atoms with Crippen molar-refractivity contribution in [1.82, 2.24) is 14.8 Å². The quantitative estimate of drug-likeness (QED) is 0.721. The van der Waals surface area contributed by atoms with Crippen molar-refractivity contribution in [1.29, 1.82) is 0 Å². The van der Waals surface area contributed by atoms with E-state index < -0.39 is 0 Å². The lowest BCUT2D eigenvalue weighted by atomic mass is 9.90. The van der Waals surface area contributed by atoms with Crippen molar-refractivity contribution in [2.75, 3.05) is 26.2 Å². The van der Waals surface area contributed by atoms with Gasteiger partial charge in [-0.25, -0.2) is 4.98 Å². The van der Waals surface area contributed by atoms with Crippen LogP contribution in [0.15, 0.2) is 18.0 Å². The van der Waals surface area contributed by atoms with Gasteiger partial charge in [0, 0.05) is 49.3 Å². The first-order chi connectivity index (χ1) is 13.3. The third kappa shape index (κ3) is 5.02. The molecule has 0 aromatic carbocycles. The Bertz CT molecular complexity index is 706. The maximum Gasteiger partial charge on any atom is 0.245 e. The molecule has 2 aliphatic heterocycles. The van der Waals surface area contributed by atoms with E-state index in [-0.39, 0.29) is 23.1 Å². The van der Waals surface area contributed by atoms with Crippen LogP contribution in [0, 0.1) is 11.8 Å². The predicted octanol–water partition coefficient (Wildman–Crippen LogP) is 3.65. The fraction of sp³-hybridized carbons (Fsp3) is 0.682. The van der Waals surface area contributed by atoms with Crippen LogP contribution in [0.3, 0.4) is 0 Å². The Hall–Kier alpha value is -1.69. The smallest absolute Gasteiger partial charge is 0.245 e. The van der Waals surface area contributed by atoms with Crippen molar-refractivity contribution in [3.05, 3.63) is 28.7 Å². The average molecular weight is 404 g/mol. The van der Waals surface area contributed by atoms with E-state index in [1.54, 1.807) is 16.2 Å². The molecule has 3 rings (SSSR count). The van der Waals surface area contributed by atoms with E-state index in [1.165, 1.54) is 16.8 Å². The third-order valence-corrected chi connectivity index (χ3v) is 6.91. The molecule has 5 nitrogen and oxygen atoms in total. The number of carbonyl (C=O) groups excluding carboxylic acids is 2. The molecule has 0 bridgehead atoms. The van der Waals surface area contributed by atoms with Gasteiger partial charge in [0.05, 0.1) is 10.7 Å². The lowest BCUT2D eigenvalue weighted by Crippen LogP contribution is -2.46. The normalized spacial score (nSPS) is 19.7. The summed E-state index contributed by atoms with van der Waals surface area (Å²) in [6, 6.07) is 0. The molecule has 0 aliphatic carbocycles. The summed E-state index contributed by atoms with van der Waals surface area (Å²) < 4.78 is 0. The molecular formula is C22H33N3O2S. The minimum Gasteiger partial charge on any atom is -0.342 e. The topological polar surface area (TPSA) is 53.5 Å². The maximum atomic E-state index is 12.9. The average Bonchev–Trinajstić information content (AvgIpc) is 3.16. The Balaban J connectivity index is 1.45. The first kappa shape index (κ1) is 21.0. The number of nitrogens with zero attached hydrogens (tertiary/aromatic N) is 3. The molecule has 2 fully saturated rings. The molecule has 1 aromatic rings. The van der Waals surface area contributed by atoms with Crippen LogP contribution in [0.5, 0.6) is 0 Å². The number of amides is 2. The Kier molecular flexibility index (Phi) is 6.58. The van der Waals surface area contributed by atoms with E-state index in [0.717, 1.165) is 45.2 Å². The molecule has 6 heteroatoms. The maximum absolute atomic E-state index is 12.9. The fourth-order valence-corrected chi connectivity index (χ4v) is 5.22. The number of likely N-dealkylation sites (tertiary alicyclic amines) is 2. The zero-order valence-corrected chi connectivity index (χ0v) is 18.3. The van der Waals surface area contributed by atoms with Crippen molar-refractivity contribution in [3.63, 3.8) is 0 Å². The van der Waals surface area contributed by atoms with Gasteiger partial charge in [-0.2, -0.15) is 0 Å². The Morgan fingerprint density at radius 2 is 1.75 bits per heavy atom. The van der Waals surface area contributed by atoms with Crippen molar-refractivity contribution in [2.24, 2.45) is 11.8 Å². The first-order valence-electron chi connectivity index (χ1n) is 10.4. The van der Waals surface area contributed by atoms with Gasteiger partial charge in [0.25, 0.3) is 0 Å². The highest BCUT2D eigenvalue weighted by molar-refractivity contribution is 7.09. The van der Waals surface area contributed by atoms with Gasteiger partial charge in [-0.05, 0) is 37.7 Å². The summed E-state index contributed by atoms with van der Waals surface area (Å²) in [5, 5.41) is 3.42. The van der Waals surface area contributed by atoms with E-state index in [4.69, 9.17) is 4.98 Å². The second-order valence-electron chi connectivity index (χ2n) is 9.15. The molecule has 0 unspecified atom stereocenters. The van der Waals surface area contributed by atoms with Crippen LogP contribution in [0.2, 0.25) is 0 Å². The molecule has 154 valence electrons. The summed E-state index contributed by atoms with van der Waals surface area (Å²) in [6.07, 6.45) is 6.05. The Morgan fingerprint density at radius 1 is 1.14 bits per heavy atom. The summed E-state index contributed by atoms with van der Waals surface area (Å²) in [5.74, 6) is 0.950. The molecule has 2 saturated heterocycles. The SMILES string of the molecule is C=CC(=O)N1CCC(C(=O)N2CCC(Cc3nc(C(C)(C)C)cs3)CC2)CC1. The van der Waals surface area contributed by atoms with E-state index in [2.05, 4.69) is 37.6 Å². The summed E-state index contributed by atoms with van der Waals surface area (Å²) in [5.41, 5.74) is 1.29. The van der Waals surface area contributed by atoms with E-state index in [1.807, 2.05) is 0 Å². The molecule has 0 spiro atoms. The van der Waals surface area contributed by atoms with Gasteiger partial charge in [0.1, 0.15) is 0 Å². The number of hydrogen-bond acceptors (Lipinski definition) is 4. The zero-order chi connectivity index (χ0) is 20.3.